The van der Waals surface area contributed by atoms with E-state index in [0.717, 1.165) is 36.2 Å². The van der Waals surface area contributed by atoms with Gasteiger partial charge in [0, 0.05) is 33.5 Å². The number of benzene rings is 1. The fraction of sp³-hybridized carbons (Fsp3) is 0.455. The van der Waals surface area contributed by atoms with Crippen LogP contribution in [-0.2, 0) is 4.74 Å². The molecule has 0 bridgehead atoms. The van der Waals surface area contributed by atoms with E-state index in [1.165, 1.54) is 4.90 Å². The third-order valence-corrected chi connectivity index (χ3v) is 4.34. The second-order valence-electron chi connectivity index (χ2n) is 3.61. The molecule has 2 nitrogen and oxygen atoms in total. The molecule has 0 amide bonds. The van der Waals surface area contributed by atoms with Crippen molar-refractivity contribution in [2.45, 2.75) is 23.0 Å². The van der Waals surface area contributed by atoms with Gasteiger partial charge in [-0.15, -0.1) is 11.8 Å². The Morgan fingerprint density at radius 2 is 2.07 bits per heavy atom. The highest BCUT2D eigenvalue weighted by atomic mass is 79.9. The van der Waals surface area contributed by atoms with Gasteiger partial charge in [-0.05, 0) is 31.0 Å². The summed E-state index contributed by atoms with van der Waals surface area (Å²) in [6, 6.07) is 6.02. The molecule has 0 unspecified atom stereocenters. The number of thioether (sulfide) groups is 1. The van der Waals surface area contributed by atoms with Gasteiger partial charge in [0.1, 0.15) is 0 Å². The zero-order valence-corrected chi connectivity index (χ0v) is 10.8. The minimum Gasteiger partial charge on any atom is -0.398 e. The largest absolute Gasteiger partial charge is 0.398 e. The van der Waals surface area contributed by atoms with Crippen LogP contribution >= 0.6 is 27.7 Å². The van der Waals surface area contributed by atoms with Crippen LogP contribution in [0, 0.1) is 0 Å². The maximum Gasteiger partial charge on any atom is 0.0476 e. The predicted octanol–water partition coefficient (Wildman–Crippen LogP) is 3.30. The molecule has 2 rings (SSSR count). The van der Waals surface area contributed by atoms with Crippen LogP contribution in [0.5, 0.6) is 0 Å². The molecule has 0 saturated carbocycles. The van der Waals surface area contributed by atoms with Gasteiger partial charge in [0.05, 0.1) is 0 Å². The van der Waals surface area contributed by atoms with Gasteiger partial charge in [-0.2, -0.15) is 0 Å². The minimum atomic E-state index is 0.648. The lowest BCUT2D eigenvalue weighted by molar-refractivity contribution is 0.100. The third-order valence-electron chi connectivity index (χ3n) is 2.44. The fourth-order valence-corrected chi connectivity index (χ4v) is 3.28. The van der Waals surface area contributed by atoms with E-state index in [4.69, 9.17) is 10.5 Å². The first-order valence-corrected chi connectivity index (χ1v) is 6.72. The van der Waals surface area contributed by atoms with Gasteiger partial charge in [0.2, 0.25) is 0 Å². The molecule has 0 spiro atoms. The van der Waals surface area contributed by atoms with Crippen LogP contribution in [-0.4, -0.2) is 18.5 Å². The molecule has 1 saturated heterocycles. The van der Waals surface area contributed by atoms with Crippen LogP contribution < -0.4 is 5.73 Å². The third kappa shape index (κ3) is 3.13. The van der Waals surface area contributed by atoms with Crippen molar-refractivity contribution < 1.29 is 4.74 Å². The molecule has 2 N–H and O–H groups in total. The first-order chi connectivity index (χ1) is 7.25. The maximum absolute atomic E-state index is 5.93. The second kappa shape index (κ2) is 5.23. The number of hydrogen-bond donors (Lipinski definition) is 1. The van der Waals surface area contributed by atoms with Crippen molar-refractivity contribution in [1.82, 2.24) is 0 Å². The molecule has 1 aromatic carbocycles. The molecule has 4 heteroatoms. The molecule has 0 radical (unpaired) electrons. The molecule has 82 valence electrons. The van der Waals surface area contributed by atoms with Gasteiger partial charge in [0.25, 0.3) is 0 Å². The first-order valence-electron chi connectivity index (χ1n) is 5.05. The van der Waals surface area contributed by atoms with Crippen LogP contribution in [0.15, 0.2) is 27.6 Å². The minimum absolute atomic E-state index is 0.648. The van der Waals surface area contributed by atoms with E-state index >= 15 is 0 Å². The summed E-state index contributed by atoms with van der Waals surface area (Å²) in [5.74, 6) is 0. The summed E-state index contributed by atoms with van der Waals surface area (Å²) in [7, 11) is 0. The van der Waals surface area contributed by atoms with E-state index in [2.05, 4.69) is 22.0 Å². The Bertz CT molecular complexity index is 339. The van der Waals surface area contributed by atoms with Gasteiger partial charge >= 0.3 is 0 Å². The molecule has 0 atom stereocenters. The lowest BCUT2D eigenvalue weighted by atomic mass is 10.2. The van der Waals surface area contributed by atoms with Gasteiger partial charge in [-0.1, -0.05) is 15.9 Å². The monoisotopic (exact) mass is 287 g/mol. The Kier molecular flexibility index (Phi) is 3.94. The standard InChI is InChI=1S/C11H14BrNOS/c12-8-1-2-10(13)11(7-8)15-9-3-5-14-6-4-9/h1-2,7,9H,3-6,13H2. The van der Waals surface area contributed by atoms with Crippen molar-refractivity contribution in [2.75, 3.05) is 18.9 Å². The number of rotatable bonds is 2. The SMILES string of the molecule is Nc1ccc(Br)cc1SC1CCOCC1. The quantitative estimate of drug-likeness (QED) is 0.848. The summed E-state index contributed by atoms with van der Waals surface area (Å²) in [6.07, 6.45) is 2.24. The Balaban J connectivity index is 2.05. The zero-order chi connectivity index (χ0) is 10.7. The highest BCUT2D eigenvalue weighted by Crippen LogP contribution is 2.34. The lowest BCUT2D eigenvalue weighted by Gasteiger charge is -2.22. The average Bonchev–Trinajstić information content (AvgIpc) is 2.25. The van der Waals surface area contributed by atoms with Gasteiger partial charge < -0.3 is 10.5 Å². The van der Waals surface area contributed by atoms with Crippen molar-refractivity contribution in [3.8, 4) is 0 Å². The van der Waals surface area contributed by atoms with Gasteiger partial charge in [0.15, 0.2) is 0 Å². The predicted molar refractivity (Wildman–Crippen MR) is 68.3 cm³/mol. The van der Waals surface area contributed by atoms with E-state index in [-0.39, 0.29) is 0 Å². The molecule has 1 aliphatic heterocycles. The molecule has 1 fully saturated rings. The van der Waals surface area contributed by atoms with Gasteiger partial charge in [-0.3, -0.25) is 0 Å². The second-order valence-corrected chi connectivity index (χ2v) is 5.87. The lowest BCUT2D eigenvalue weighted by Crippen LogP contribution is -2.17. The van der Waals surface area contributed by atoms with Crippen LogP contribution in [0.25, 0.3) is 0 Å². The number of nitrogen functional groups attached to an aromatic ring is 1. The number of anilines is 1. The summed E-state index contributed by atoms with van der Waals surface area (Å²) >= 11 is 5.34. The Hall–Kier alpha value is -0.190. The maximum atomic E-state index is 5.93. The van der Waals surface area contributed by atoms with Crippen LogP contribution in [0.2, 0.25) is 0 Å². The molecule has 0 aliphatic carbocycles. The van der Waals surface area contributed by atoms with E-state index in [9.17, 15) is 0 Å². The summed E-state index contributed by atoms with van der Waals surface area (Å²) in [6.45, 7) is 1.76. The van der Waals surface area contributed by atoms with Crippen LogP contribution in [0.1, 0.15) is 12.8 Å². The zero-order valence-electron chi connectivity index (χ0n) is 8.41. The van der Waals surface area contributed by atoms with E-state index in [1.807, 2.05) is 23.9 Å². The summed E-state index contributed by atoms with van der Waals surface area (Å²) < 4.78 is 6.43. The van der Waals surface area contributed by atoms with Crippen LogP contribution in [0.4, 0.5) is 5.69 Å². The van der Waals surface area contributed by atoms with Crippen molar-refractivity contribution in [2.24, 2.45) is 0 Å². The fourth-order valence-electron chi connectivity index (χ4n) is 1.58. The highest BCUT2D eigenvalue weighted by Gasteiger charge is 2.16. The number of halogens is 1. The van der Waals surface area contributed by atoms with E-state index in [0.29, 0.717) is 5.25 Å². The Labute approximate surface area is 103 Å². The van der Waals surface area contributed by atoms with Crippen molar-refractivity contribution >= 4 is 33.4 Å². The van der Waals surface area contributed by atoms with Crippen molar-refractivity contribution in [1.29, 1.82) is 0 Å². The normalized spacial score (nSPS) is 17.9. The highest BCUT2D eigenvalue weighted by molar-refractivity contribution is 9.10. The summed E-state index contributed by atoms with van der Waals surface area (Å²) in [5, 5.41) is 0.648. The first kappa shape index (κ1) is 11.3. The van der Waals surface area contributed by atoms with E-state index < -0.39 is 0 Å². The summed E-state index contributed by atoms with van der Waals surface area (Å²) in [5.41, 5.74) is 6.80. The molecular weight excluding hydrogens is 274 g/mol. The van der Waals surface area contributed by atoms with Crippen molar-refractivity contribution in [3.63, 3.8) is 0 Å². The topological polar surface area (TPSA) is 35.2 Å². The Morgan fingerprint density at radius 3 is 2.80 bits per heavy atom. The smallest absolute Gasteiger partial charge is 0.0476 e. The Morgan fingerprint density at radius 1 is 1.33 bits per heavy atom. The molecule has 1 heterocycles. The number of hydrogen-bond acceptors (Lipinski definition) is 3. The molecular formula is C11H14BrNOS. The van der Waals surface area contributed by atoms with E-state index in [1.54, 1.807) is 0 Å². The number of nitrogens with two attached hydrogens (primary N) is 1. The molecule has 0 aromatic heterocycles. The molecule has 1 aromatic rings. The summed E-state index contributed by atoms with van der Waals surface area (Å²) in [4.78, 5) is 1.18. The van der Waals surface area contributed by atoms with Gasteiger partial charge in [-0.25, -0.2) is 0 Å². The van der Waals surface area contributed by atoms with Crippen LogP contribution in [0.3, 0.4) is 0 Å². The van der Waals surface area contributed by atoms with Crippen molar-refractivity contribution in [3.05, 3.63) is 22.7 Å². The average molecular weight is 288 g/mol. The molecule has 15 heavy (non-hydrogen) atoms. The number of ether oxygens (including phenoxy) is 1. The molecule has 1 aliphatic rings.